The molecule has 6 heteroatoms. The molecule has 2 aliphatic rings. The van der Waals surface area contributed by atoms with Crippen LogP contribution in [-0.4, -0.2) is 24.2 Å². The van der Waals surface area contributed by atoms with Crippen LogP contribution in [0.3, 0.4) is 0 Å². The molecule has 2 fully saturated rings. The molecule has 4 rings (SSSR count). The normalized spacial score (nSPS) is 19.7. The summed E-state index contributed by atoms with van der Waals surface area (Å²) < 4.78 is 5.52. The second kappa shape index (κ2) is 9.56. The van der Waals surface area contributed by atoms with E-state index in [0.717, 1.165) is 48.4 Å². The number of ether oxygens (including phenoxy) is 1. The van der Waals surface area contributed by atoms with Crippen molar-refractivity contribution in [2.75, 3.05) is 22.6 Å². The number of thioether (sulfide) groups is 1. The van der Waals surface area contributed by atoms with E-state index in [2.05, 4.69) is 5.32 Å². The van der Waals surface area contributed by atoms with Crippen LogP contribution < -0.4 is 15.0 Å². The van der Waals surface area contributed by atoms with E-state index >= 15 is 0 Å². The molecule has 1 unspecified atom stereocenters. The van der Waals surface area contributed by atoms with Gasteiger partial charge in [0.15, 0.2) is 0 Å². The first-order valence-corrected chi connectivity index (χ1v) is 11.8. The lowest BCUT2D eigenvalue weighted by molar-refractivity contribution is -0.120. The Kier molecular flexibility index (Phi) is 6.62. The third-order valence-corrected chi connectivity index (χ3v) is 6.92. The molecule has 5 nitrogen and oxygen atoms in total. The highest BCUT2D eigenvalue weighted by Gasteiger charge is 2.34. The maximum Gasteiger partial charge on any atom is 0.238 e. The molecule has 2 aromatic carbocycles. The van der Waals surface area contributed by atoms with Crippen molar-refractivity contribution in [2.24, 2.45) is 5.92 Å². The summed E-state index contributed by atoms with van der Waals surface area (Å²) in [5, 5.41) is 2.99. The van der Waals surface area contributed by atoms with Crippen molar-refractivity contribution < 1.29 is 14.3 Å². The second-order valence-electron chi connectivity index (χ2n) is 7.80. The molecular formula is C24H28N2O3S. The molecule has 1 heterocycles. The molecule has 1 N–H and O–H groups in total. The topological polar surface area (TPSA) is 58.6 Å². The first-order valence-electron chi connectivity index (χ1n) is 10.7. The Labute approximate surface area is 182 Å². The number of hydrogen-bond donors (Lipinski definition) is 1. The van der Waals surface area contributed by atoms with Gasteiger partial charge in [-0.05, 0) is 61.7 Å². The lowest BCUT2D eigenvalue weighted by atomic mass is 9.88. The van der Waals surface area contributed by atoms with Crippen LogP contribution in [0.25, 0.3) is 0 Å². The van der Waals surface area contributed by atoms with Gasteiger partial charge in [-0.2, -0.15) is 0 Å². The van der Waals surface area contributed by atoms with E-state index in [1.54, 1.807) is 11.8 Å². The smallest absolute Gasteiger partial charge is 0.238 e. The number of hydrogen-bond acceptors (Lipinski definition) is 4. The molecule has 0 radical (unpaired) electrons. The molecule has 158 valence electrons. The lowest BCUT2D eigenvalue weighted by Gasteiger charge is -2.25. The Balaban J connectivity index is 1.51. The first-order chi connectivity index (χ1) is 14.7. The molecule has 0 bridgehead atoms. The highest BCUT2D eigenvalue weighted by Crippen LogP contribution is 2.42. The quantitative estimate of drug-likeness (QED) is 0.676. The molecule has 2 aromatic rings. The number of carbonyl (C=O) groups is 2. The van der Waals surface area contributed by atoms with E-state index in [1.807, 2.05) is 60.4 Å². The van der Waals surface area contributed by atoms with Gasteiger partial charge in [0.2, 0.25) is 11.8 Å². The van der Waals surface area contributed by atoms with Gasteiger partial charge >= 0.3 is 0 Å². The summed E-state index contributed by atoms with van der Waals surface area (Å²) in [6, 6.07) is 15.5. The lowest BCUT2D eigenvalue weighted by Crippen LogP contribution is -2.28. The third kappa shape index (κ3) is 4.64. The van der Waals surface area contributed by atoms with Crippen LogP contribution in [0, 0.1) is 5.92 Å². The molecule has 1 saturated carbocycles. The van der Waals surface area contributed by atoms with Crippen LogP contribution >= 0.6 is 11.8 Å². The predicted octanol–water partition coefficient (Wildman–Crippen LogP) is 5.38. The van der Waals surface area contributed by atoms with Gasteiger partial charge < -0.3 is 10.1 Å². The summed E-state index contributed by atoms with van der Waals surface area (Å²) >= 11 is 1.61. The van der Waals surface area contributed by atoms with Crippen molar-refractivity contribution >= 4 is 35.0 Å². The molecule has 1 aliphatic heterocycles. The third-order valence-electron chi connectivity index (χ3n) is 5.71. The molecular weight excluding hydrogens is 396 g/mol. The average Bonchev–Trinajstić information content (AvgIpc) is 3.17. The highest BCUT2D eigenvalue weighted by atomic mass is 32.2. The van der Waals surface area contributed by atoms with Crippen LogP contribution in [0.5, 0.6) is 5.75 Å². The molecule has 1 atom stereocenters. The number of nitrogens with zero attached hydrogens (tertiary/aromatic N) is 1. The van der Waals surface area contributed by atoms with Crippen molar-refractivity contribution in [1.29, 1.82) is 0 Å². The van der Waals surface area contributed by atoms with Crippen LogP contribution in [0.15, 0.2) is 48.5 Å². The fourth-order valence-electron chi connectivity index (χ4n) is 4.20. The van der Waals surface area contributed by atoms with Crippen molar-refractivity contribution in [3.05, 3.63) is 54.1 Å². The van der Waals surface area contributed by atoms with Crippen molar-refractivity contribution in [3.8, 4) is 5.75 Å². The van der Waals surface area contributed by atoms with Gasteiger partial charge in [-0.1, -0.05) is 31.4 Å². The van der Waals surface area contributed by atoms with E-state index in [9.17, 15) is 9.59 Å². The molecule has 0 spiro atoms. The SMILES string of the molecule is CCOc1ccc(N2C(=O)CSC2c2cccc(NC(=O)C3CCCCC3)c2)cc1. The maximum atomic E-state index is 12.6. The second-order valence-corrected chi connectivity index (χ2v) is 8.87. The zero-order valence-electron chi connectivity index (χ0n) is 17.3. The summed E-state index contributed by atoms with van der Waals surface area (Å²) in [5.74, 6) is 1.56. The molecule has 0 aromatic heterocycles. The Morgan fingerprint density at radius 1 is 1.13 bits per heavy atom. The molecule has 2 amide bonds. The van der Waals surface area contributed by atoms with Gasteiger partial charge in [-0.25, -0.2) is 0 Å². The molecule has 1 saturated heterocycles. The van der Waals surface area contributed by atoms with Gasteiger partial charge in [0.05, 0.1) is 12.4 Å². The first kappa shape index (κ1) is 20.8. The van der Waals surface area contributed by atoms with Crippen molar-refractivity contribution in [3.63, 3.8) is 0 Å². The summed E-state index contributed by atoms with van der Waals surface area (Å²) in [5.41, 5.74) is 2.67. The van der Waals surface area contributed by atoms with E-state index in [-0.39, 0.29) is 23.1 Å². The van der Waals surface area contributed by atoms with Crippen molar-refractivity contribution in [2.45, 2.75) is 44.4 Å². The Morgan fingerprint density at radius 2 is 1.90 bits per heavy atom. The largest absolute Gasteiger partial charge is 0.494 e. The Hall–Kier alpha value is -2.47. The van der Waals surface area contributed by atoms with Crippen LogP contribution in [0.4, 0.5) is 11.4 Å². The number of benzene rings is 2. The predicted molar refractivity (Wildman–Crippen MR) is 122 cm³/mol. The van der Waals surface area contributed by atoms with E-state index < -0.39 is 0 Å². The summed E-state index contributed by atoms with van der Waals surface area (Å²) in [7, 11) is 0. The van der Waals surface area contributed by atoms with Gasteiger partial charge in [-0.3, -0.25) is 14.5 Å². The maximum absolute atomic E-state index is 12.6. The summed E-state index contributed by atoms with van der Waals surface area (Å²) in [6.45, 7) is 2.56. The van der Waals surface area contributed by atoms with Gasteiger partial charge in [0.25, 0.3) is 0 Å². The van der Waals surface area contributed by atoms with Crippen LogP contribution in [0.1, 0.15) is 50.0 Å². The fourth-order valence-corrected chi connectivity index (χ4v) is 5.37. The van der Waals surface area contributed by atoms with Gasteiger partial charge in [0.1, 0.15) is 11.1 Å². The number of anilines is 2. The van der Waals surface area contributed by atoms with E-state index in [4.69, 9.17) is 4.74 Å². The minimum atomic E-state index is -0.109. The van der Waals surface area contributed by atoms with Gasteiger partial charge in [-0.15, -0.1) is 11.8 Å². The fraction of sp³-hybridized carbons (Fsp3) is 0.417. The van der Waals surface area contributed by atoms with E-state index in [1.165, 1.54) is 6.42 Å². The average molecular weight is 425 g/mol. The van der Waals surface area contributed by atoms with Gasteiger partial charge in [0, 0.05) is 17.3 Å². The molecule has 30 heavy (non-hydrogen) atoms. The Morgan fingerprint density at radius 3 is 2.63 bits per heavy atom. The summed E-state index contributed by atoms with van der Waals surface area (Å²) in [4.78, 5) is 27.1. The summed E-state index contributed by atoms with van der Waals surface area (Å²) in [6.07, 6.45) is 5.45. The van der Waals surface area contributed by atoms with Crippen LogP contribution in [-0.2, 0) is 9.59 Å². The van der Waals surface area contributed by atoms with E-state index in [0.29, 0.717) is 12.4 Å². The monoisotopic (exact) mass is 424 g/mol. The minimum Gasteiger partial charge on any atom is -0.494 e. The zero-order valence-corrected chi connectivity index (χ0v) is 18.1. The standard InChI is InChI=1S/C24H28N2O3S/c1-2-29-21-13-11-20(12-14-21)26-22(27)16-30-24(26)18-9-6-10-19(15-18)25-23(28)17-7-4-3-5-8-17/h6,9-15,17,24H,2-5,7-8,16H2,1H3,(H,25,28). The number of rotatable bonds is 6. The van der Waals surface area contributed by atoms with Crippen molar-refractivity contribution in [1.82, 2.24) is 0 Å². The molecule has 1 aliphatic carbocycles. The number of amides is 2. The van der Waals surface area contributed by atoms with Crippen LogP contribution in [0.2, 0.25) is 0 Å². The zero-order chi connectivity index (χ0) is 20.9. The number of carbonyl (C=O) groups excluding carboxylic acids is 2. The number of nitrogens with one attached hydrogen (secondary N) is 1. The highest BCUT2D eigenvalue weighted by molar-refractivity contribution is 8.00. The Bertz CT molecular complexity index is 894. The minimum absolute atomic E-state index is 0.0887.